The lowest BCUT2D eigenvalue weighted by molar-refractivity contribution is -0.134. The first-order valence-electron chi connectivity index (χ1n) is 6.10. The van der Waals surface area contributed by atoms with Crippen molar-refractivity contribution in [3.8, 4) is 0 Å². The smallest absolute Gasteiger partial charge is 0.341 e. The number of hydrogen-bond donors (Lipinski definition) is 1. The van der Waals surface area contributed by atoms with Gasteiger partial charge in [0.15, 0.2) is 6.61 Å². The van der Waals surface area contributed by atoms with E-state index in [1.807, 2.05) is 0 Å². The molecule has 0 aromatic heterocycles. The van der Waals surface area contributed by atoms with E-state index in [1.165, 1.54) is 4.90 Å². The minimum absolute atomic E-state index is 0.403. The van der Waals surface area contributed by atoms with Crippen LogP contribution in [-0.2, 0) is 9.53 Å². The van der Waals surface area contributed by atoms with E-state index in [1.54, 1.807) is 13.8 Å². The summed E-state index contributed by atoms with van der Waals surface area (Å²) in [5, 5.41) is 0. The summed E-state index contributed by atoms with van der Waals surface area (Å²) < 4.78 is 31.3. The Bertz CT molecular complexity index is 517. The highest BCUT2D eigenvalue weighted by Gasteiger charge is 2.18. The largest absolute Gasteiger partial charge is 0.452 e. The molecule has 0 fully saturated rings. The average Bonchev–Trinajstić information content (AvgIpc) is 2.41. The summed E-state index contributed by atoms with van der Waals surface area (Å²) in [6, 6.07) is 1.34. The molecule has 0 bridgehead atoms. The highest BCUT2D eigenvalue weighted by Crippen LogP contribution is 2.17. The van der Waals surface area contributed by atoms with Crippen LogP contribution in [0.3, 0.4) is 0 Å². The van der Waals surface area contributed by atoms with Gasteiger partial charge in [-0.1, -0.05) is 0 Å². The minimum atomic E-state index is -1.11. The van der Waals surface area contributed by atoms with Gasteiger partial charge in [-0.2, -0.15) is 0 Å². The van der Waals surface area contributed by atoms with Crippen LogP contribution >= 0.6 is 0 Å². The van der Waals surface area contributed by atoms with Crippen LogP contribution < -0.4 is 5.73 Å². The van der Waals surface area contributed by atoms with Crippen LogP contribution in [-0.4, -0.2) is 36.5 Å². The second kappa shape index (κ2) is 6.83. The summed E-state index contributed by atoms with van der Waals surface area (Å²) in [6.07, 6.45) is 0. The first-order valence-corrected chi connectivity index (χ1v) is 6.10. The number of nitrogens with two attached hydrogens (primary N) is 1. The fourth-order valence-corrected chi connectivity index (χ4v) is 1.59. The van der Waals surface area contributed by atoms with Crippen molar-refractivity contribution >= 4 is 17.6 Å². The molecular formula is C13H16F2N2O3. The van der Waals surface area contributed by atoms with Gasteiger partial charge in [0.25, 0.3) is 5.91 Å². The van der Waals surface area contributed by atoms with Gasteiger partial charge in [-0.05, 0) is 19.9 Å². The van der Waals surface area contributed by atoms with E-state index in [-0.39, 0.29) is 0 Å². The molecule has 5 nitrogen and oxygen atoms in total. The molecule has 0 saturated heterocycles. The summed E-state index contributed by atoms with van der Waals surface area (Å²) in [5.74, 6) is -3.43. The summed E-state index contributed by atoms with van der Waals surface area (Å²) in [6.45, 7) is 3.97. The fraction of sp³-hybridized carbons (Fsp3) is 0.385. The molecule has 1 rings (SSSR count). The molecule has 0 atom stereocenters. The molecule has 2 N–H and O–H groups in total. The average molecular weight is 286 g/mol. The van der Waals surface area contributed by atoms with Crippen molar-refractivity contribution in [1.29, 1.82) is 0 Å². The maximum absolute atomic E-state index is 13.5. The number of esters is 1. The third kappa shape index (κ3) is 3.66. The number of benzene rings is 1. The van der Waals surface area contributed by atoms with Gasteiger partial charge < -0.3 is 15.4 Å². The molecule has 0 heterocycles. The summed E-state index contributed by atoms with van der Waals surface area (Å²) in [4.78, 5) is 24.7. The van der Waals surface area contributed by atoms with E-state index >= 15 is 0 Å². The number of halogens is 2. The molecule has 0 saturated carbocycles. The van der Waals surface area contributed by atoms with Gasteiger partial charge in [0, 0.05) is 19.2 Å². The molecule has 0 unspecified atom stereocenters. The van der Waals surface area contributed by atoms with Gasteiger partial charge in [-0.25, -0.2) is 13.6 Å². The third-order valence-corrected chi connectivity index (χ3v) is 2.75. The molecule has 1 aromatic rings. The van der Waals surface area contributed by atoms with Crippen LogP contribution in [0.2, 0.25) is 0 Å². The van der Waals surface area contributed by atoms with E-state index in [0.29, 0.717) is 25.2 Å². The lowest BCUT2D eigenvalue weighted by Crippen LogP contribution is -2.34. The Morgan fingerprint density at radius 2 is 1.80 bits per heavy atom. The van der Waals surface area contributed by atoms with Gasteiger partial charge >= 0.3 is 5.97 Å². The quantitative estimate of drug-likeness (QED) is 0.658. The molecule has 1 amide bonds. The first-order chi connectivity index (χ1) is 9.40. The van der Waals surface area contributed by atoms with E-state index in [4.69, 9.17) is 5.73 Å². The standard InChI is InChI=1S/C13H16F2N2O3/c1-3-17(4-2)12(18)7-20-13(19)8-5-10(15)11(16)6-9(8)14/h5-6H,3-4,7,16H2,1-2H3. The van der Waals surface area contributed by atoms with Crippen molar-refractivity contribution in [3.05, 3.63) is 29.3 Å². The van der Waals surface area contributed by atoms with Gasteiger partial charge in [-0.15, -0.1) is 0 Å². The number of likely N-dealkylation sites (N-methyl/N-ethyl adjacent to an activating group) is 1. The third-order valence-electron chi connectivity index (χ3n) is 2.75. The normalized spacial score (nSPS) is 10.2. The van der Waals surface area contributed by atoms with Crippen molar-refractivity contribution in [2.45, 2.75) is 13.8 Å². The monoisotopic (exact) mass is 286 g/mol. The van der Waals surface area contributed by atoms with Gasteiger partial charge in [-0.3, -0.25) is 4.79 Å². The van der Waals surface area contributed by atoms with Crippen LogP contribution in [0.25, 0.3) is 0 Å². The van der Waals surface area contributed by atoms with Gasteiger partial charge in [0.2, 0.25) is 0 Å². The number of nitrogen functional groups attached to an aromatic ring is 1. The Balaban J connectivity index is 2.73. The number of carbonyl (C=O) groups is 2. The highest BCUT2D eigenvalue weighted by atomic mass is 19.1. The topological polar surface area (TPSA) is 72.6 Å². The fourth-order valence-electron chi connectivity index (χ4n) is 1.59. The lowest BCUT2D eigenvalue weighted by Gasteiger charge is -2.18. The Labute approximate surface area is 115 Å². The number of ether oxygens (including phenoxy) is 1. The van der Waals surface area contributed by atoms with E-state index in [0.717, 1.165) is 0 Å². The summed E-state index contributed by atoms with van der Waals surface area (Å²) >= 11 is 0. The van der Waals surface area contributed by atoms with E-state index in [9.17, 15) is 18.4 Å². The summed E-state index contributed by atoms with van der Waals surface area (Å²) in [7, 11) is 0. The zero-order chi connectivity index (χ0) is 15.3. The maximum atomic E-state index is 13.5. The number of nitrogens with zero attached hydrogens (tertiary/aromatic N) is 1. The zero-order valence-electron chi connectivity index (χ0n) is 11.3. The SMILES string of the molecule is CCN(CC)C(=O)COC(=O)c1cc(F)c(N)cc1F. The van der Waals surface area contributed by atoms with Crippen molar-refractivity contribution in [3.63, 3.8) is 0 Å². The summed E-state index contributed by atoms with van der Waals surface area (Å²) in [5.41, 5.74) is 4.16. The van der Waals surface area contributed by atoms with E-state index < -0.39 is 41.4 Å². The second-order valence-corrected chi connectivity index (χ2v) is 4.00. The minimum Gasteiger partial charge on any atom is -0.452 e. The van der Waals surface area contributed by atoms with Crippen LogP contribution in [0.5, 0.6) is 0 Å². The molecule has 0 radical (unpaired) electrons. The molecule has 0 aliphatic heterocycles. The van der Waals surface area contributed by atoms with Crippen molar-refractivity contribution < 1.29 is 23.1 Å². The van der Waals surface area contributed by atoms with Crippen molar-refractivity contribution in [2.75, 3.05) is 25.4 Å². The van der Waals surface area contributed by atoms with Gasteiger partial charge in [0.1, 0.15) is 11.6 Å². The number of amides is 1. The Hall–Kier alpha value is -2.18. The molecule has 110 valence electrons. The predicted octanol–water partition coefficient (Wildman–Crippen LogP) is 1.57. The molecule has 0 aliphatic rings. The highest BCUT2D eigenvalue weighted by molar-refractivity contribution is 5.92. The Morgan fingerprint density at radius 3 is 2.35 bits per heavy atom. The second-order valence-electron chi connectivity index (χ2n) is 4.00. The van der Waals surface area contributed by atoms with Crippen LogP contribution in [0, 0.1) is 11.6 Å². The number of rotatable bonds is 5. The van der Waals surface area contributed by atoms with Gasteiger partial charge in [0.05, 0.1) is 11.3 Å². The number of anilines is 1. The number of carbonyl (C=O) groups excluding carboxylic acids is 2. The zero-order valence-corrected chi connectivity index (χ0v) is 11.3. The van der Waals surface area contributed by atoms with Crippen molar-refractivity contribution in [1.82, 2.24) is 4.90 Å². The molecule has 0 spiro atoms. The molecule has 0 aliphatic carbocycles. The number of hydrogen-bond acceptors (Lipinski definition) is 4. The molecule has 7 heteroatoms. The Kier molecular flexibility index (Phi) is 5.42. The maximum Gasteiger partial charge on any atom is 0.341 e. The Morgan fingerprint density at radius 1 is 1.20 bits per heavy atom. The van der Waals surface area contributed by atoms with Crippen LogP contribution in [0.4, 0.5) is 14.5 Å². The van der Waals surface area contributed by atoms with Crippen LogP contribution in [0.15, 0.2) is 12.1 Å². The van der Waals surface area contributed by atoms with Crippen LogP contribution in [0.1, 0.15) is 24.2 Å². The molecular weight excluding hydrogens is 270 g/mol. The lowest BCUT2D eigenvalue weighted by atomic mass is 10.2. The predicted molar refractivity (Wildman–Crippen MR) is 69.0 cm³/mol. The van der Waals surface area contributed by atoms with E-state index in [2.05, 4.69) is 4.74 Å². The van der Waals surface area contributed by atoms with Crippen molar-refractivity contribution in [2.24, 2.45) is 0 Å². The first kappa shape index (κ1) is 15.9. The molecule has 1 aromatic carbocycles. The molecule has 20 heavy (non-hydrogen) atoms.